The zero-order valence-corrected chi connectivity index (χ0v) is 11.9. The van der Waals surface area contributed by atoms with Gasteiger partial charge in [-0.2, -0.15) is 23.5 Å². The van der Waals surface area contributed by atoms with E-state index in [1.54, 1.807) is 6.07 Å². The van der Waals surface area contributed by atoms with Crippen molar-refractivity contribution < 1.29 is 27.4 Å². The summed E-state index contributed by atoms with van der Waals surface area (Å²) in [5.74, 6) is -1.66. The van der Waals surface area contributed by atoms with Crippen LogP contribution in [0.4, 0.5) is 17.6 Å². The number of halogens is 4. The van der Waals surface area contributed by atoms with Crippen molar-refractivity contribution in [2.75, 3.05) is 6.61 Å². The maximum Gasteiger partial charge on any atom is 0.438 e. The minimum atomic E-state index is -4.79. The molecule has 0 bridgehead atoms. The third-order valence-electron chi connectivity index (χ3n) is 2.95. The lowest BCUT2D eigenvalue weighted by molar-refractivity contribution is -0.142. The molecule has 0 saturated carbocycles. The number of aliphatic hydroxyl groups excluding tert-OH is 1. The Bertz CT molecular complexity index is 763. The molecule has 1 aromatic heterocycles. The Labute approximate surface area is 128 Å². The van der Waals surface area contributed by atoms with Gasteiger partial charge in [0.25, 0.3) is 0 Å². The second-order valence-corrected chi connectivity index (χ2v) is 4.60. The van der Waals surface area contributed by atoms with E-state index in [0.717, 1.165) is 22.9 Å². The fourth-order valence-electron chi connectivity index (χ4n) is 1.95. The summed E-state index contributed by atoms with van der Waals surface area (Å²) in [6.07, 6.45) is -4.79. The van der Waals surface area contributed by atoms with Crippen LogP contribution in [-0.2, 0) is 12.7 Å². The quantitative estimate of drug-likeness (QED) is 0.876. The van der Waals surface area contributed by atoms with Crippen LogP contribution in [0, 0.1) is 24.1 Å². The number of nitrogens with zero attached hydrogens (tertiary/aromatic N) is 3. The number of aliphatic hydroxyl groups is 1. The fourth-order valence-corrected chi connectivity index (χ4v) is 1.95. The highest BCUT2D eigenvalue weighted by Crippen LogP contribution is 2.39. The van der Waals surface area contributed by atoms with Gasteiger partial charge in [-0.25, -0.2) is 4.39 Å². The first-order valence-electron chi connectivity index (χ1n) is 6.40. The summed E-state index contributed by atoms with van der Waals surface area (Å²) >= 11 is 0. The molecule has 122 valence electrons. The molecule has 0 aliphatic carbocycles. The molecule has 0 atom stereocenters. The first-order chi connectivity index (χ1) is 10.8. The number of ether oxygens (including phenoxy) is 1. The Morgan fingerprint density at radius 1 is 1.35 bits per heavy atom. The molecule has 5 nitrogen and oxygen atoms in total. The van der Waals surface area contributed by atoms with Crippen LogP contribution in [0.3, 0.4) is 0 Å². The van der Waals surface area contributed by atoms with E-state index in [1.165, 1.54) is 6.92 Å². The third-order valence-corrected chi connectivity index (χ3v) is 2.95. The van der Waals surface area contributed by atoms with Gasteiger partial charge in [-0.1, -0.05) is 0 Å². The maximum absolute atomic E-state index is 13.4. The summed E-state index contributed by atoms with van der Waals surface area (Å²) in [4.78, 5) is 0. The molecule has 0 saturated heterocycles. The van der Waals surface area contributed by atoms with Gasteiger partial charge in [0, 0.05) is 6.07 Å². The monoisotopic (exact) mass is 329 g/mol. The van der Waals surface area contributed by atoms with E-state index in [0.29, 0.717) is 0 Å². The molecule has 0 aliphatic rings. The molecule has 1 heterocycles. The maximum atomic E-state index is 13.4. The predicted molar refractivity (Wildman–Crippen MR) is 70.2 cm³/mol. The van der Waals surface area contributed by atoms with Crippen molar-refractivity contribution in [3.63, 3.8) is 0 Å². The van der Waals surface area contributed by atoms with E-state index in [1.807, 2.05) is 0 Å². The van der Waals surface area contributed by atoms with Gasteiger partial charge < -0.3 is 9.84 Å². The number of aromatic nitrogens is 2. The number of rotatable bonds is 4. The summed E-state index contributed by atoms with van der Waals surface area (Å²) in [5.41, 5.74) is -1.35. The molecule has 9 heteroatoms. The SMILES string of the molecule is Cc1c(Oc2cc(F)cc(C#N)c2)c(C(F)(F)F)nn1CCO. The summed E-state index contributed by atoms with van der Waals surface area (Å²) in [6, 6.07) is 4.59. The summed E-state index contributed by atoms with van der Waals surface area (Å²) in [7, 11) is 0. The average Bonchev–Trinajstić information content (AvgIpc) is 2.76. The number of benzene rings is 1. The first-order valence-corrected chi connectivity index (χ1v) is 6.40. The molecule has 0 spiro atoms. The van der Waals surface area contributed by atoms with Crippen LogP contribution >= 0.6 is 0 Å². The van der Waals surface area contributed by atoms with Crippen molar-refractivity contribution >= 4 is 0 Å². The lowest BCUT2D eigenvalue weighted by Crippen LogP contribution is -2.10. The van der Waals surface area contributed by atoms with E-state index in [9.17, 15) is 17.6 Å². The first kappa shape index (κ1) is 16.8. The number of hydrogen-bond acceptors (Lipinski definition) is 4. The highest BCUT2D eigenvalue weighted by atomic mass is 19.4. The molecule has 2 rings (SSSR count). The minimum absolute atomic E-state index is 0.0224. The van der Waals surface area contributed by atoms with E-state index in [4.69, 9.17) is 15.1 Å². The number of hydrogen-bond donors (Lipinski definition) is 1. The van der Waals surface area contributed by atoms with Crippen molar-refractivity contribution in [3.05, 3.63) is 41.0 Å². The lowest BCUT2D eigenvalue weighted by Gasteiger charge is -2.09. The van der Waals surface area contributed by atoms with E-state index < -0.39 is 30.0 Å². The second-order valence-electron chi connectivity index (χ2n) is 4.60. The van der Waals surface area contributed by atoms with Gasteiger partial charge in [0.15, 0.2) is 5.75 Å². The molecule has 1 aromatic carbocycles. The fraction of sp³-hybridized carbons (Fsp3) is 0.286. The van der Waals surface area contributed by atoms with Gasteiger partial charge in [-0.15, -0.1) is 0 Å². The highest BCUT2D eigenvalue weighted by Gasteiger charge is 2.40. The van der Waals surface area contributed by atoms with Crippen LogP contribution in [0.2, 0.25) is 0 Å². The minimum Gasteiger partial charge on any atom is -0.453 e. The summed E-state index contributed by atoms with van der Waals surface area (Å²) in [5, 5.41) is 21.0. The largest absolute Gasteiger partial charge is 0.453 e. The second kappa shape index (κ2) is 6.26. The molecule has 23 heavy (non-hydrogen) atoms. The summed E-state index contributed by atoms with van der Waals surface area (Å²) < 4.78 is 58.7. The van der Waals surface area contributed by atoms with Crippen LogP contribution in [0.5, 0.6) is 11.5 Å². The van der Waals surface area contributed by atoms with E-state index in [2.05, 4.69) is 5.10 Å². The Morgan fingerprint density at radius 3 is 2.61 bits per heavy atom. The Balaban J connectivity index is 2.50. The third kappa shape index (κ3) is 3.60. The topological polar surface area (TPSA) is 71.1 Å². The number of nitriles is 1. The van der Waals surface area contributed by atoms with Crippen LogP contribution in [0.1, 0.15) is 17.0 Å². The van der Waals surface area contributed by atoms with Gasteiger partial charge in [-0.05, 0) is 19.1 Å². The lowest BCUT2D eigenvalue weighted by atomic mass is 10.2. The molecule has 0 amide bonds. The van der Waals surface area contributed by atoms with E-state index >= 15 is 0 Å². The van der Waals surface area contributed by atoms with Crippen molar-refractivity contribution in [1.82, 2.24) is 9.78 Å². The molecule has 0 unspecified atom stereocenters. The molecule has 0 aliphatic heterocycles. The molecule has 0 fully saturated rings. The molecule has 2 aromatic rings. The van der Waals surface area contributed by atoms with Gasteiger partial charge in [0.05, 0.1) is 30.5 Å². The normalized spacial score (nSPS) is 11.3. The Kier molecular flexibility index (Phi) is 4.56. The van der Waals surface area contributed by atoms with Gasteiger partial charge in [0.1, 0.15) is 11.6 Å². The predicted octanol–water partition coefficient (Wildman–Crippen LogP) is 3.01. The molecular formula is C14H11F4N3O2. The van der Waals surface area contributed by atoms with Crippen molar-refractivity contribution in [2.24, 2.45) is 0 Å². The van der Waals surface area contributed by atoms with Crippen LogP contribution in [-0.4, -0.2) is 21.5 Å². The Morgan fingerprint density at radius 2 is 2.04 bits per heavy atom. The highest BCUT2D eigenvalue weighted by molar-refractivity contribution is 5.43. The van der Waals surface area contributed by atoms with E-state index in [-0.39, 0.29) is 23.6 Å². The van der Waals surface area contributed by atoms with Crippen molar-refractivity contribution in [2.45, 2.75) is 19.6 Å². The van der Waals surface area contributed by atoms with Gasteiger partial charge in [-0.3, -0.25) is 4.68 Å². The summed E-state index contributed by atoms with van der Waals surface area (Å²) in [6.45, 7) is 0.778. The molecular weight excluding hydrogens is 318 g/mol. The van der Waals surface area contributed by atoms with Crippen LogP contribution in [0.15, 0.2) is 18.2 Å². The standard InChI is InChI=1S/C14H11F4N3O2/c1-8-12(13(14(16,17)18)20-21(8)2-3-22)23-11-5-9(7-19)4-10(15)6-11/h4-6,22H,2-3H2,1H3. The van der Waals surface area contributed by atoms with Gasteiger partial charge >= 0.3 is 6.18 Å². The number of alkyl halides is 3. The molecule has 1 N–H and O–H groups in total. The van der Waals surface area contributed by atoms with Crippen LogP contribution in [0.25, 0.3) is 0 Å². The zero-order valence-electron chi connectivity index (χ0n) is 11.9. The average molecular weight is 329 g/mol. The van der Waals surface area contributed by atoms with Crippen LogP contribution < -0.4 is 4.74 Å². The smallest absolute Gasteiger partial charge is 0.438 e. The van der Waals surface area contributed by atoms with Crippen molar-refractivity contribution in [1.29, 1.82) is 5.26 Å². The van der Waals surface area contributed by atoms with Crippen molar-refractivity contribution in [3.8, 4) is 17.6 Å². The molecule has 0 radical (unpaired) electrons. The Hall–Kier alpha value is -2.60. The zero-order chi connectivity index (χ0) is 17.2. The van der Waals surface area contributed by atoms with Gasteiger partial charge in [0.2, 0.25) is 5.69 Å².